The molecule has 24 heavy (non-hydrogen) atoms. The van der Waals surface area contributed by atoms with Crippen LogP contribution in [0.1, 0.15) is 61.9 Å². The minimum atomic E-state index is -0.449. The van der Waals surface area contributed by atoms with E-state index in [-0.39, 0.29) is 39.6 Å². The predicted molar refractivity (Wildman–Crippen MR) is 91.4 cm³/mol. The summed E-state index contributed by atoms with van der Waals surface area (Å²) in [6.45, 7) is 3.69. The van der Waals surface area contributed by atoms with Gasteiger partial charge in [0, 0.05) is 16.7 Å². The molecule has 0 radical (unpaired) electrons. The number of halogens is 1. The highest BCUT2D eigenvalue weighted by Gasteiger charge is 2.36. The maximum absolute atomic E-state index is 13.0. The Morgan fingerprint density at radius 3 is 2.38 bits per heavy atom. The van der Waals surface area contributed by atoms with Crippen molar-refractivity contribution in [2.24, 2.45) is 0 Å². The molecule has 0 aliphatic heterocycles. The molecule has 0 unspecified atom stereocenters. The van der Waals surface area contributed by atoms with Crippen LogP contribution in [0.25, 0.3) is 0 Å². The predicted octanol–water partition coefficient (Wildman–Crippen LogP) is 3.87. The summed E-state index contributed by atoms with van der Waals surface area (Å²) in [7, 11) is 0. The minimum Gasteiger partial charge on any atom is -0.507 e. The van der Waals surface area contributed by atoms with Crippen LogP contribution in [0.4, 0.5) is 0 Å². The first kappa shape index (κ1) is 16.5. The number of ketones is 2. The molecule has 0 spiro atoms. The molecular weight excluding hydrogens is 328 g/mol. The number of aromatic hydroxyl groups is 2. The monoisotopic (exact) mass is 344 g/mol. The van der Waals surface area contributed by atoms with Crippen molar-refractivity contribution >= 4 is 23.2 Å². The lowest BCUT2D eigenvalue weighted by molar-refractivity contribution is 0.0973. The molecule has 2 N–H and O–H groups in total. The Balaban J connectivity index is 2.37. The van der Waals surface area contributed by atoms with Gasteiger partial charge in [0.25, 0.3) is 0 Å². The van der Waals surface area contributed by atoms with E-state index in [1.54, 1.807) is 19.1 Å². The topological polar surface area (TPSA) is 74.6 Å². The van der Waals surface area contributed by atoms with E-state index in [4.69, 9.17) is 11.6 Å². The Morgan fingerprint density at radius 1 is 1.04 bits per heavy atom. The maximum atomic E-state index is 13.0. The third-order valence-corrected chi connectivity index (χ3v) is 4.74. The van der Waals surface area contributed by atoms with Crippen molar-refractivity contribution in [3.63, 3.8) is 0 Å². The van der Waals surface area contributed by atoms with Gasteiger partial charge in [-0.05, 0) is 36.6 Å². The Bertz CT molecular complexity index is 884. The van der Waals surface area contributed by atoms with Crippen molar-refractivity contribution in [2.45, 2.75) is 32.6 Å². The molecule has 0 saturated heterocycles. The molecule has 0 amide bonds. The van der Waals surface area contributed by atoms with Crippen LogP contribution < -0.4 is 0 Å². The molecule has 5 heteroatoms. The Labute approximate surface area is 144 Å². The summed E-state index contributed by atoms with van der Waals surface area (Å²) in [6, 6.07) is 4.66. The summed E-state index contributed by atoms with van der Waals surface area (Å²) in [5.74, 6) is -1.30. The molecule has 0 fully saturated rings. The molecule has 4 nitrogen and oxygen atoms in total. The van der Waals surface area contributed by atoms with Crippen LogP contribution in [-0.2, 0) is 12.3 Å². The summed E-state index contributed by atoms with van der Waals surface area (Å²) in [5, 5.41) is 20.6. The van der Waals surface area contributed by atoms with Gasteiger partial charge in [-0.15, -0.1) is 11.6 Å². The first-order chi connectivity index (χ1) is 11.4. The fourth-order valence-corrected chi connectivity index (χ4v) is 3.62. The van der Waals surface area contributed by atoms with Gasteiger partial charge in [0.2, 0.25) is 0 Å². The molecular formula is C19H17ClO4. The standard InChI is InChI=1S/C19H17ClO4/c1-3-4-10-5-6-13(21)16-14(10)19(24)15-11(17(16)22)7-9(2)12(8-20)18(15)23/h5-7,21,23H,3-4,8H2,1-2H3. The highest BCUT2D eigenvalue weighted by atomic mass is 35.5. The lowest BCUT2D eigenvalue weighted by Crippen LogP contribution is -2.23. The normalized spacial score (nSPS) is 13.0. The number of carbonyl (C=O) groups is 2. The number of hydrogen-bond donors (Lipinski definition) is 2. The molecule has 3 rings (SSSR count). The van der Waals surface area contributed by atoms with E-state index < -0.39 is 11.6 Å². The average Bonchev–Trinajstić information content (AvgIpc) is 2.54. The second-order valence-corrected chi connectivity index (χ2v) is 6.25. The molecule has 2 aromatic rings. The van der Waals surface area contributed by atoms with Crippen molar-refractivity contribution in [3.05, 3.63) is 57.1 Å². The lowest BCUT2D eigenvalue weighted by atomic mass is 9.78. The van der Waals surface area contributed by atoms with Crippen LogP contribution in [0.2, 0.25) is 0 Å². The second kappa shape index (κ2) is 5.95. The largest absolute Gasteiger partial charge is 0.507 e. The zero-order valence-electron chi connectivity index (χ0n) is 13.4. The third kappa shape index (κ3) is 2.21. The number of hydrogen-bond acceptors (Lipinski definition) is 4. The van der Waals surface area contributed by atoms with Crippen LogP contribution in [-0.4, -0.2) is 21.8 Å². The first-order valence-electron chi connectivity index (χ1n) is 7.77. The van der Waals surface area contributed by atoms with Crippen LogP contribution in [0.5, 0.6) is 11.5 Å². The SMILES string of the molecule is CCCc1ccc(O)c2c1C(=O)c1c(cc(C)c(CCl)c1O)C2=O. The number of benzene rings is 2. The number of rotatable bonds is 3. The molecule has 1 aliphatic rings. The lowest BCUT2D eigenvalue weighted by Gasteiger charge is -2.23. The van der Waals surface area contributed by atoms with Crippen molar-refractivity contribution in [2.75, 3.05) is 0 Å². The number of aryl methyl sites for hydroxylation is 2. The van der Waals surface area contributed by atoms with E-state index >= 15 is 0 Å². The van der Waals surface area contributed by atoms with Gasteiger partial charge in [-0.2, -0.15) is 0 Å². The van der Waals surface area contributed by atoms with Gasteiger partial charge >= 0.3 is 0 Å². The number of alkyl halides is 1. The summed E-state index contributed by atoms with van der Waals surface area (Å²) in [6.07, 6.45) is 1.39. The van der Waals surface area contributed by atoms with E-state index in [0.717, 1.165) is 6.42 Å². The van der Waals surface area contributed by atoms with Gasteiger partial charge in [-0.1, -0.05) is 19.4 Å². The number of phenolic OH excluding ortho intramolecular Hbond substituents is 2. The molecule has 1 aliphatic carbocycles. The second-order valence-electron chi connectivity index (χ2n) is 5.98. The minimum absolute atomic E-state index is 0.0169. The van der Waals surface area contributed by atoms with E-state index in [1.807, 2.05) is 6.92 Å². The highest BCUT2D eigenvalue weighted by Crippen LogP contribution is 2.41. The quantitative estimate of drug-likeness (QED) is 0.707. The van der Waals surface area contributed by atoms with E-state index in [0.29, 0.717) is 23.1 Å². The Kier molecular flexibility index (Phi) is 4.10. The van der Waals surface area contributed by atoms with Crippen LogP contribution in [0.15, 0.2) is 18.2 Å². The number of phenols is 2. The van der Waals surface area contributed by atoms with Crippen LogP contribution in [0.3, 0.4) is 0 Å². The zero-order valence-corrected chi connectivity index (χ0v) is 14.2. The average molecular weight is 345 g/mol. The van der Waals surface area contributed by atoms with Gasteiger partial charge < -0.3 is 10.2 Å². The van der Waals surface area contributed by atoms with Crippen molar-refractivity contribution in [1.82, 2.24) is 0 Å². The summed E-state index contributed by atoms with van der Waals surface area (Å²) < 4.78 is 0. The van der Waals surface area contributed by atoms with E-state index in [9.17, 15) is 19.8 Å². The molecule has 0 heterocycles. The van der Waals surface area contributed by atoms with E-state index in [2.05, 4.69) is 0 Å². The summed E-state index contributed by atoms with van der Waals surface area (Å²) in [5.41, 5.74) is 2.08. The third-order valence-electron chi connectivity index (χ3n) is 4.48. The summed E-state index contributed by atoms with van der Waals surface area (Å²) >= 11 is 5.87. The highest BCUT2D eigenvalue weighted by molar-refractivity contribution is 6.31. The molecule has 124 valence electrons. The molecule has 0 aromatic heterocycles. The van der Waals surface area contributed by atoms with Gasteiger partial charge in [-0.3, -0.25) is 9.59 Å². The van der Waals surface area contributed by atoms with Crippen LogP contribution >= 0.6 is 11.6 Å². The fraction of sp³-hybridized carbons (Fsp3) is 0.263. The number of fused-ring (bicyclic) bond motifs is 2. The van der Waals surface area contributed by atoms with Gasteiger partial charge in [0.05, 0.1) is 17.0 Å². The first-order valence-corrected chi connectivity index (χ1v) is 8.31. The Hall–Kier alpha value is -2.33. The fourth-order valence-electron chi connectivity index (χ4n) is 3.28. The number of carbonyl (C=O) groups excluding carboxylic acids is 2. The van der Waals surface area contributed by atoms with Gasteiger partial charge in [0.1, 0.15) is 11.5 Å². The molecule has 0 atom stereocenters. The van der Waals surface area contributed by atoms with Crippen molar-refractivity contribution in [1.29, 1.82) is 0 Å². The molecule has 2 aromatic carbocycles. The molecule has 0 bridgehead atoms. The smallest absolute Gasteiger partial charge is 0.198 e. The van der Waals surface area contributed by atoms with Gasteiger partial charge in [0.15, 0.2) is 11.6 Å². The maximum Gasteiger partial charge on any atom is 0.198 e. The van der Waals surface area contributed by atoms with Crippen molar-refractivity contribution in [3.8, 4) is 11.5 Å². The van der Waals surface area contributed by atoms with Crippen molar-refractivity contribution < 1.29 is 19.8 Å². The van der Waals surface area contributed by atoms with E-state index in [1.165, 1.54) is 6.07 Å². The zero-order chi connectivity index (χ0) is 17.6. The Morgan fingerprint density at radius 2 is 1.75 bits per heavy atom. The van der Waals surface area contributed by atoms with Gasteiger partial charge in [-0.25, -0.2) is 0 Å². The van der Waals surface area contributed by atoms with Crippen LogP contribution in [0, 0.1) is 6.92 Å². The summed E-state index contributed by atoms with van der Waals surface area (Å²) in [4.78, 5) is 25.9. The molecule has 0 saturated carbocycles.